The van der Waals surface area contributed by atoms with E-state index in [2.05, 4.69) is 5.16 Å². The third-order valence-electron chi connectivity index (χ3n) is 5.86. The minimum absolute atomic E-state index is 0.00672. The maximum atomic E-state index is 13.2. The van der Waals surface area contributed by atoms with Crippen LogP contribution < -0.4 is 5.56 Å². The van der Waals surface area contributed by atoms with Crippen LogP contribution in [0.15, 0.2) is 44.7 Å². The third-order valence-corrected chi connectivity index (χ3v) is 7.04. The number of nitrogens with zero attached hydrogens (tertiary/aromatic N) is 2. The molecule has 0 bridgehead atoms. The molecule has 13 heteroatoms. The number of aromatic nitrogens is 2. The maximum absolute atomic E-state index is 13.2. The molecule has 0 amide bonds. The Kier molecular flexibility index (Phi) is 5.31. The van der Waals surface area contributed by atoms with E-state index in [1.807, 2.05) is 0 Å². The summed E-state index contributed by atoms with van der Waals surface area (Å²) in [6.45, 7) is 0. The van der Waals surface area contributed by atoms with Crippen LogP contribution in [0.5, 0.6) is 0 Å². The van der Waals surface area contributed by atoms with Gasteiger partial charge in [0.1, 0.15) is 11.7 Å². The van der Waals surface area contributed by atoms with E-state index in [-0.39, 0.29) is 29.2 Å². The van der Waals surface area contributed by atoms with E-state index in [4.69, 9.17) is 4.52 Å². The third kappa shape index (κ3) is 4.21. The van der Waals surface area contributed by atoms with Crippen molar-refractivity contribution in [3.8, 4) is 22.6 Å². The largest absolute Gasteiger partial charge is 0.480 e. The Hall–Kier alpha value is -3.22. The second-order valence-electron chi connectivity index (χ2n) is 8.30. The van der Waals surface area contributed by atoms with Crippen LogP contribution in [-0.2, 0) is 17.1 Å². The molecule has 1 aliphatic carbocycles. The zero-order valence-electron chi connectivity index (χ0n) is 17.4. The highest BCUT2D eigenvalue weighted by molar-refractivity contribution is 7.99. The molecule has 6 nitrogen and oxygen atoms in total. The molecule has 3 heterocycles. The number of carbonyl (C=O) groups is 1. The first-order valence-corrected chi connectivity index (χ1v) is 11.2. The summed E-state index contributed by atoms with van der Waals surface area (Å²) in [5.41, 5.74) is -3.34. The van der Waals surface area contributed by atoms with Gasteiger partial charge in [-0.2, -0.15) is 26.3 Å². The molecule has 3 aromatic rings. The number of fused-ring (bicyclic) bond motifs is 1. The van der Waals surface area contributed by atoms with Gasteiger partial charge in [-0.15, -0.1) is 11.8 Å². The molecular weight excluding hydrogens is 502 g/mol. The number of aliphatic carboxylic acids is 1. The summed E-state index contributed by atoms with van der Waals surface area (Å²) in [5, 5.41) is 13.6. The highest BCUT2D eigenvalue weighted by Gasteiger charge is 2.39. The Morgan fingerprint density at radius 2 is 1.66 bits per heavy atom. The van der Waals surface area contributed by atoms with Gasteiger partial charge in [0.15, 0.2) is 5.76 Å². The van der Waals surface area contributed by atoms with Crippen molar-refractivity contribution < 1.29 is 40.8 Å². The van der Waals surface area contributed by atoms with Gasteiger partial charge in [0, 0.05) is 29.0 Å². The number of carboxylic acid groups (broad SMARTS) is 1. The molecular formula is C22H14F6N2O4S. The molecule has 1 aliphatic heterocycles. The predicted molar refractivity (Wildman–Crippen MR) is 111 cm³/mol. The van der Waals surface area contributed by atoms with Crippen molar-refractivity contribution in [2.75, 3.05) is 5.75 Å². The van der Waals surface area contributed by atoms with E-state index in [9.17, 15) is 41.0 Å². The van der Waals surface area contributed by atoms with Crippen LogP contribution >= 0.6 is 11.8 Å². The Morgan fingerprint density at radius 1 is 1.03 bits per heavy atom. The average molecular weight is 516 g/mol. The van der Waals surface area contributed by atoms with Gasteiger partial charge in [0.25, 0.3) is 5.56 Å². The van der Waals surface area contributed by atoms with Crippen LogP contribution in [0.4, 0.5) is 26.3 Å². The number of rotatable bonds is 4. The van der Waals surface area contributed by atoms with Gasteiger partial charge in [-0.1, -0.05) is 5.16 Å². The summed E-state index contributed by atoms with van der Waals surface area (Å²) >= 11 is 1.20. The second-order valence-corrected chi connectivity index (χ2v) is 9.30. The van der Waals surface area contributed by atoms with Crippen LogP contribution in [0.1, 0.15) is 41.5 Å². The summed E-state index contributed by atoms with van der Waals surface area (Å²) in [7, 11) is 0. The summed E-state index contributed by atoms with van der Waals surface area (Å²) in [4.78, 5) is 24.3. The fraction of sp³-hybridized carbons (Fsp3) is 0.318. The van der Waals surface area contributed by atoms with Gasteiger partial charge in [0.2, 0.25) is 0 Å². The van der Waals surface area contributed by atoms with Gasteiger partial charge in [-0.05, 0) is 42.5 Å². The van der Waals surface area contributed by atoms with Crippen LogP contribution in [0.2, 0.25) is 0 Å². The topological polar surface area (TPSA) is 85.3 Å². The predicted octanol–water partition coefficient (Wildman–Crippen LogP) is 5.82. The lowest BCUT2D eigenvalue weighted by Gasteiger charge is -2.14. The zero-order valence-corrected chi connectivity index (χ0v) is 18.2. The van der Waals surface area contributed by atoms with Crippen molar-refractivity contribution in [1.82, 2.24) is 9.72 Å². The minimum atomic E-state index is -5.02. The number of pyridine rings is 1. The van der Waals surface area contributed by atoms with Crippen molar-refractivity contribution in [2.24, 2.45) is 0 Å². The summed E-state index contributed by atoms with van der Waals surface area (Å²) in [6.07, 6.45) is -8.48. The monoisotopic (exact) mass is 516 g/mol. The van der Waals surface area contributed by atoms with Gasteiger partial charge in [0.05, 0.1) is 16.2 Å². The Balaban J connectivity index is 1.63. The molecule has 0 radical (unpaired) electrons. The number of alkyl halides is 6. The lowest BCUT2D eigenvalue weighted by atomic mass is 10.0. The highest BCUT2D eigenvalue weighted by atomic mass is 32.2. The fourth-order valence-electron chi connectivity index (χ4n) is 4.08. The van der Waals surface area contributed by atoms with E-state index in [1.54, 1.807) is 0 Å². The van der Waals surface area contributed by atoms with Crippen LogP contribution in [-0.4, -0.2) is 26.6 Å². The normalized spacial score (nSPS) is 18.1. The molecule has 2 aliphatic rings. The molecule has 5 rings (SSSR count). The molecule has 0 spiro atoms. The molecule has 2 aromatic heterocycles. The molecule has 1 aromatic carbocycles. The first-order valence-electron chi connectivity index (χ1n) is 10.3. The van der Waals surface area contributed by atoms with E-state index < -0.39 is 46.6 Å². The molecule has 1 fully saturated rings. The van der Waals surface area contributed by atoms with Crippen molar-refractivity contribution in [3.05, 3.63) is 57.4 Å². The van der Waals surface area contributed by atoms with E-state index in [0.717, 1.165) is 12.8 Å². The van der Waals surface area contributed by atoms with E-state index in [0.29, 0.717) is 28.3 Å². The van der Waals surface area contributed by atoms with Gasteiger partial charge in [-0.3, -0.25) is 9.36 Å². The first-order chi connectivity index (χ1) is 16.3. The first kappa shape index (κ1) is 23.5. The lowest BCUT2D eigenvalue weighted by molar-refractivity contribution is -0.143. The van der Waals surface area contributed by atoms with Crippen molar-refractivity contribution in [1.29, 1.82) is 0 Å². The van der Waals surface area contributed by atoms with E-state index >= 15 is 0 Å². The number of hydrogen-bond donors (Lipinski definition) is 1. The molecule has 35 heavy (non-hydrogen) atoms. The molecule has 184 valence electrons. The summed E-state index contributed by atoms with van der Waals surface area (Å²) < 4.78 is 85.9. The number of thioether (sulfide) groups is 1. The van der Waals surface area contributed by atoms with Gasteiger partial charge < -0.3 is 9.63 Å². The fourth-order valence-corrected chi connectivity index (χ4v) is 5.48. The lowest BCUT2D eigenvalue weighted by Crippen LogP contribution is -2.29. The highest BCUT2D eigenvalue weighted by Crippen LogP contribution is 2.50. The number of carboxylic acids is 1. The number of benzene rings is 1. The Bertz CT molecular complexity index is 1370. The SMILES string of the molecule is O=C(O)C1CSc2c(C3CC3)c(-c3cc(-c4cc(C(F)(F)F)cc(C(F)(F)F)c4)no3)cc(=O)n21. The number of halogens is 6. The van der Waals surface area contributed by atoms with Crippen molar-refractivity contribution in [3.63, 3.8) is 0 Å². The van der Waals surface area contributed by atoms with Crippen molar-refractivity contribution in [2.45, 2.75) is 42.2 Å². The van der Waals surface area contributed by atoms with Gasteiger partial charge >= 0.3 is 18.3 Å². The minimum Gasteiger partial charge on any atom is -0.480 e. The Morgan fingerprint density at radius 3 is 2.20 bits per heavy atom. The van der Waals surface area contributed by atoms with Gasteiger partial charge in [-0.25, -0.2) is 4.79 Å². The average Bonchev–Trinajstić information content (AvgIpc) is 3.30. The van der Waals surface area contributed by atoms with Crippen molar-refractivity contribution >= 4 is 17.7 Å². The summed E-state index contributed by atoms with van der Waals surface area (Å²) in [5.74, 6) is -0.988. The smallest absolute Gasteiger partial charge is 0.416 e. The number of hydrogen-bond acceptors (Lipinski definition) is 5. The van der Waals surface area contributed by atoms with Crippen LogP contribution in [0.25, 0.3) is 22.6 Å². The zero-order chi connectivity index (χ0) is 25.3. The maximum Gasteiger partial charge on any atom is 0.416 e. The molecule has 1 N–H and O–H groups in total. The standard InChI is InChI=1S/C22H14F6N2O4S/c23-21(24,25)11-3-10(4-12(5-11)22(26,27)28)14-7-16(34-29-14)13-6-17(31)30-15(20(32)33)8-35-19(30)18(13)9-1-2-9/h3-7,9,15H,1-2,8H2,(H,32,33). The molecule has 1 atom stereocenters. The van der Waals surface area contributed by atoms with Crippen LogP contribution in [0.3, 0.4) is 0 Å². The molecule has 1 unspecified atom stereocenters. The van der Waals surface area contributed by atoms with Crippen LogP contribution in [0, 0.1) is 0 Å². The second kappa shape index (κ2) is 7.90. The molecule has 1 saturated carbocycles. The Labute approximate surface area is 196 Å². The summed E-state index contributed by atoms with van der Waals surface area (Å²) in [6, 6.07) is 2.43. The quantitative estimate of drug-likeness (QED) is 0.440. The van der Waals surface area contributed by atoms with E-state index in [1.165, 1.54) is 28.5 Å². The molecule has 0 saturated heterocycles.